The molecule has 1 saturated heterocycles. The number of anilines is 1. The number of piperidine rings is 1. The monoisotopic (exact) mass is 436 g/mol. The van der Waals surface area contributed by atoms with E-state index in [4.69, 9.17) is 5.73 Å². The van der Waals surface area contributed by atoms with Gasteiger partial charge in [0, 0.05) is 43.0 Å². The predicted molar refractivity (Wildman–Crippen MR) is 126 cm³/mol. The summed E-state index contributed by atoms with van der Waals surface area (Å²) in [6.45, 7) is 7.01. The first kappa shape index (κ1) is 23.3. The Hall–Kier alpha value is -3.35. The van der Waals surface area contributed by atoms with Crippen LogP contribution in [0.15, 0.2) is 42.5 Å². The first-order valence-electron chi connectivity index (χ1n) is 11.0. The van der Waals surface area contributed by atoms with Crippen LogP contribution < -0.4 is 16.0 Å². The van der Waals surface area contributed by atoms with Gasteiger partial charge >= 0.3 is 6.03 Å². The highest BCUT2D eigenvalue weighted by molar-refractivity contribution is 5.98. The molecule has 0 radical (unpaired) electrons. The van der Waals surface area contributed by atoms with E-state index in [-0.39, 0.29) is 17.9 Å². The van der Waals surface area contributed by atoms with Crippen LogP contribution in [0.4, 0.5) is 10.5 Å². The zero-order chi connectivity index (χ0) is 23.4. The first-order chi connectivity index (χ1) is 15.2. The van der Waals surface area contributed by atoms with Crippen LogP contribution in [0.1, 0.15) is 64.4 Å². The Balaban J connectivity index is 1.70. The number of hydrogen-bond donors (Lipinski definition) is 2. The van der Waals surface area contributed by atoms with Crippen molar-refractivity contribution in [3.63, 3.8) is 0 Å². The molecule has 2 aromatic carbocycles. The average Bonchev–Trinajstić information content (AvgIpc) is 2.79. The number of nitrogens with zero attached hydrogens (tertiary/aromatic N) is 2. The number of benzene rings is 2. The SMILES string of the molecule is CNC(=O)c1ccc(C2CCN(C(=O)c3ccc(C)c(N(C(N)=O)C(C)C)c3)CC2)cc1. The molecule has 1 heterocycles. The minimum Gasteiger partial charge on any atom is -0.355 e. The highest BCUT2D eigenvalue weighted by Crippen LogP contribution is 2.30. The summed E-state index contributed by atoms with van der Waals surface area (Å²) in [7, 11) is 1.62. The topological polar surface area (TPSA) is 95.7 Å². The van der Waals surface area contributed by atoms with Gasteiger partial charge in [-0.25, -0.2) is 4.79 Å². The molecule has 170 valence electrons. The summed E-state index contributed by atoms with van der Waals surface area (Å²) in [4.78, 5) is 40.2. The molecule has 4 amide bonds. The Morgan fingerprint density at radius 2 is 1.62 bits per heavy atom. The van der Waals surface area contributed by atoms with E-state index in [1.165, 1.54) is 10.5 Å². The van der Waals surface area contributed by atoms with E-state index in [2.05, 4.69) is 5.32 Å². The third-order valence-corrected chi connectivity index (χ3v) is 6.12. The second kappa shape index (κ2) is 9.85. The lowest BCUT2D eigenvalue weighted by Gasteiger charge is -2.33. The summed E-state index contributed by atoms with van der Waals surface area (Å²) in [6.07, 6.45) is 1.73. The number of primary amides is 1. The largest absolute Gasteiger partial charge is 0.355 e. The maximum Gasteiger partial charge on any atom is 0.319 e. The van der Waals surface area contributed by atoms with Crippen LogP contribution in [0.5, 0.6) is 0 Å². The summed E-state index contributed by atoms with van der Waals surface area (Å²) in [5.41, 5.74) is 9.54. The van der Waals surface area contributed by atoms with Gasteiger partial charge < -0.3 is 16.0 Å². The minimum absolute atomic E-state index is 0.0344. The number of urea groups is 1. The number of hydrogen-bond acceptors (Lipinski definition) is 3. The fraction of sp³-hybridized carbons (Fsp3) is 0.400. The molecule has 3 N–H and O–H groups in total. The molecule has 32 heavy (non-hydrogen) atoms. The second-order valence-corrected chi connectivity index (χ2v) is 8.57. The van der Waals surface area contributed by atoms with Crippen molar-refractivity contribution in [2.75, 3.05) is 25.0 Å². The lowest BCUT2D eigenvalue weighted by atomic mass is 9.88. The molecule has 3 rings (SSSR count). The van der Waals surface area contributed by atoms with Gasteiger partial charge in [-0.2, -0.15) is 0 Å². The third kappa shape index (κ3) is 4.93. The van der Waals surface area contributed by atoms with Gasteiger partial charge in [0.05, 0.1) is 0 Å². The van der Waals surface area contributed by atoms with Gasteiger partial charge in [-0.15, -0.1) is 0 Å². The van der Waals surface area contributed by atoms with Crippen molar-refractivity contribution < 1.29 is 14.4 Å². The van der Waals surface area contributed by atoms with Crippen LogP contribution in [0.25, 0.3) is 0 Å². The molecule has 0 aliphatic carbocycles. The number of rotatable bonds is 5. The van der Waals surface area contributed by atoms with Gasteiger partial charge in [-0.3, -0.25) is 14.5 Å². The number of likely N-dealkylation sites (tertiary alicyclic amines) is 1. The Morgan fingerprint density at radius 1 is 1.03 bits per heavy atom. The molecule has 7 heteroatoms. The first-order valence-corrected chi connectivity index (χ1v) is 11.0. The van der Waals surface area contributed by atoms with E-state index in [1.807, 2.05) is 62.1 Å². The van der Waals surface area contributed by atoms with E-state index >= 15 is 0 Å². The summed E-state index contributed by atoms with van der Waals surface area (Å²) < 4.78 is 0. The van der Waals surface area contributed by atoms with Gasteiger partial charge in [-0.05, 0) is 74.9 Å². The molecule has 2 aromatic rings. The number of aryl methyl sites for hydroxylation is 1. The molecule has 0 bridgehead atoms. The third-order valence-electron chi connectivity index (χ3n) is 6.12. The van der Waals surface area contributed by atoms with E-state index in [0.717, 1.165) is 18.4 Å². The van der Waals surface area contributed by atoms with Crippen LogP contribution in [0.3, 0.4) is 0 Å². The molecule has 0 spiro atoms. The Kier molecular flexibility index (Phi) is 7.18. The minimum atomic E-state index is -0.532. The van der Waals surface area contributed by atoms with Crippen molar-refractivity contribution >= 4 is 23.5 Å². The van der Waals surface area contributed by atoms with Crippen LogP contribution >= 0.6 is 0 Å². The highest BCUT2D eigenvalue weighted by atomic mass is 16.2. The molecule has 0 saturated carbocycles. The second-order valence-electron chi connectivity index (χ2n) is 8.57. The lowest BCUT2D eigenvalue weighted by Crippen LogP contribution is -2.42. The van der Waals surface area contributed by atoms with Gasteiger partial charge in [0.15, 0.2) is 0 Å². The molecule has 1 fully saturated rings. The summed E-state index contributed by atoms with van der Waals surface area (Å²) >= 11 is 0. The summed E-state index contributed by atoms with van der Waals surface area (Å²) in [5, 5.41) is 2.63. The highest BCUT2D eigenvalue weighted by Gasteiger charge is 2.26. The van der Waals surface area contributed by atoms with Crippen molar-refractivity contribution in [2.24, 2.45) is 5.73 Å². The van der Waals surface area contributed by atoms with Crippen molar-refractivity contribution in [1.82, 2.24) is 10.2 Å². The Bertz CT molecular complexity index is 993. The average molecular weight is 437 g/mol. The van der Waals surface area contributed by atoms with Crippen molar-refractivity contribution in [2.45, 2.75) is 45.6 Å². The Labute approximate surface area is 189 Å². The predicted octanol–water partition coefficient (Wildman–Crippen LogP) is 3.67. The normalized spacial score (nSPS) is 14.3. The molecule has 7 nitrogen and oxygen atoms in total. The van der Waals surface area contributed by atoms with E-state index in [1.54, 1.807) is 13.1 Å². The zero-order valence-electron chi connectivity index (χ0n) is 19.2. The van der Waals surface area contributed by atoms with Gasteiger partial charge in [-0.1, -0.05) is 18.2 Å². The molecule has 0 atom stereocenters. The van der Waals surface area contributed by atoms with Crippen LogP contribution in [-0.2, 0) is 0 Å². The lowest BCUT2D eigenvalue weighted by molar-refractivity contribution is 0.0712. The van der Waals surface area contributed by atoms with Crippen LogP contribution in [0.2, 0.25) is 0 Å². The van der Waals surface area contributed by atoms with Gasteiger partial charge in [0.25, 0.3) is 11.8 Å². The molecule has 0 aromatic heterocycles. The van der Waals surface area contributed by atoms with Crippen molar-refractivity contribution in [3.05, 3.63) is 64.7 Å². The van der Waals surface area contributed by atoms with Crippen LogP contribution in [0, 0.1) is 6.92 Å². The van der Waals surface area contributed by atoms with Crippen molar-refractivity contribution in [3.8, 4) is 0 Å². The van der Waals surface area contributed by atoms with E-state index < -0.39 is 6.03 Å². The van der Waals surface area contributed by atoms with Gasteiger partial charge in [0.2, 0.25) is 0 Å². The van der Waals surface area contributed by atoms with Crippen LogP contribution in [-0.4, -0.2) is 48.9 Å². The molecule has 1 aliphatic heterocycles. The smallest absolute Gasteiger partial charge is 0.319 e. The van der Waals surface area contributed by atoms with E-state index in [0.29, 0.717) is 35.8 Å². The molecule has 1 aliphatic rings. The van der Waals surface area contributed by atoms with Crippen molar-refractivity contribution in [1.29, 1.82) is 0 Å². The molecular weight excluding hydrogens is 404 g/mol. The zero-order valence-corrected chi connectivity index (χ0v) is 19.2. The van der Waals surface area contributed by atoms with E-state index in [9.17, 15) is 14.4 Å². The standard InChI is InChI=1S/C25H32N4O3/c1-16(2)29(25(26)32)22-15-21(6-5-17(22)3)24(31)28-13-11-19(12-14-28)18-7-9-20(10-8-18)23(30)27-4/h5-10,15-16,19H,11-14H2,1-4H3,(H2,26,32)(H,27,30). The Morgan fingerprint density at radius 3 is 2.16 bits per heavy atom. The maximum absolute atomic E-state index is 13.2. The number of nitrogens with two attached hydrogens (primary N) is 1. The number of amides is 4. The fourth-order valence-corrected chi connectivity index (χ4v) is 4.30. The molecular formula is C25H32N4O3. The van der Waals surface area contributed by atoms with Gasteiger partial charge in [0.1, 0.15) is 0 Å². The summed E-state index contributed by atoms with van der Waals surface area (Å²) in [6, 6.07) is 12.5. The number of carbonyl (C=O) groups excluding carboxylic acids is 3. The quantitative estimate of drug-likeness (QED) is 0.749. The number of carbonyl (C=O) groups is 3. The molecule has 0 unspecified atom stereocenters. The number of nitrogens with one attached hydrogen (secondary N) is 1. The maximum atomic E-state index is 13.2. The fourth-order valence-electron chi connectivity index (χ4n) is 4.30. The summed E-state index contributed by atoms with van der Waals surface area (Å²) in [5.74, 6) is 0.229.